The van der Waals surface area contributed by atoms with E-state index in [-0.39, 0.29) is 0 Å². The fourth-order valence-corrected chi connectivity index (χ4v) is 1.47. The highest BCUT2D eigenvalue weighted by Crippen LogP contribution is 2.20. The largest absolute Gasteiger partial charge is 0.464 e. The number of ether oxygens (including phenoxy) is 1. The van der Waals surface area contributed by atoms with Crippen LogP contribution in [0.3, 0.4) is 0 Å². The Morgan fingerprint density at radius 3 is 2.71 bits per heavy atom. The van der Waals surface area contributed by atoms with Crippen molar-refractivity contribution in [3.63, 3.8) is 0 Å². The molecule has 3 heteroatoms. The molecule has 0 N–H and O–H groups in total. The summed E-state index contributed by atoms with van der Waals surface area (Å²) in [5, 5.41) is 0. The van der Waals surface area contributed by atoms with Gasteiger partial charge in [-0.25, -0.2) is 4.98 Å². The Morgan fingerprint density at radius 2 is 2.00 bits per heavy atom. The lowest BCUT2D eigenvalue weighted by Crippen LogP contribution is -1.90. The van der Waals surface area contributed by atoms with Crippen molar-refractivity contribution in [3.8, 4) is 5.95 Å². The van der Waals surface area contributed by atoms with Gasteiger partial charge in [0.25, 0.3) is 0 Å². The molecule has 0 radical (unpaired) electrons. The molecule has 0 aliphatic carbocycles. The average molecular weight is 229 g/mol. The minimum Gasteiger partial charge on any atom is -0.464 e. The normalized spacial score (nSPS) is 10.9. The summed E-state index contributed by atoms with van der Waals surface area (Å²) in [4.78, 5) is 4.27. The van der Waals surface area contributed by atoms with Crippen LogP contribution in [0.2, 0.25) is 0 Å². The van der Waals surface area contributed by atoms with E-state index >= 15 is 0 Å². The highest BCUT2D eigenvalue weighted by molar-refractivity contribution is 5.66. The van der Waals surface area contributed by atoms with E-state index in [0.717, 1.165) is 11.3 Å². The van der Waals surface area contributed by atoms with Crippen LogP contribution >= 0.6 is 0 Å². The van der Waals surface area contributed by atoms with Crippen molar-refractivity contribution in [1.29, 1.82) is 0 Å². The first kappa shape index (κ1) is 11.5. The summed E-state index contributed by atoms with van der Waals surface area (Å²) >= 11 is 0. The van der Waals surface area contributed by atoms with E-state index in [1.54, 1.807) is 0 Å². The molecule has 1 heterocycles. The predicted octanol–water partition coefficient (Wildman–Crippen LogP) is 3.55. The van der Waals surface area contributed by atoms with Crippen molar-refractivity contribution in [2.75, 3.05) is 6.61 Å². The van der Waals surface area contributed by atoms with Crippen LogP contribution in [0.4, 0.5) is 0 Å². The maximum absolute atomic E-state index is 5.46. The standard InChI is InChI=1S/C14H15NO2/c1-3-16-14-11(2)15-13(17-14)10-9-12-7-5-4-6-8-12/h4-10H,3H2,1-2H3. The molecular weight excluding hydrogens is 214 g/mol. The summed E-state index contributed by atoms with van der Waals surface area (Å²) in [5.74, 6) is 1.06. The molecule has 0 atom stereocenters. The highest BCUT2D eigenvalue weighted by atomic mass is 16.6. The number of benzene rings is 1. The molecule has 2 aromatic rings. The number of aryl methyl sites for hydroxylation is 1. The summed E-state index contributed by atoms with van der Waals surface area (Å²) < 4.78 is 10.8. The number of oxazole rings is 1. The fourth-order valence-electron chi connectivity index (χ4n) is 1.47. The van der Waals surface area contributed by atoms with Gasteiger partial charge in [-0.2, -0.15) is 0 Å². The quantitative estimate of drug-likeness (QED) is 0.804. The summed E-state index contributed by atoms with van der Waals surface area (Å²) in [7, 11) is 0. The minimum absolute atomic E-state index is 0.500. The van der Waals surface area contributed by atoms with Gasteiger partial charge in [0.1, 0.15) is 5.69 Å². The van der Waals surface area contributed by atoms with Gasteiger partial charge in [0.05, 0.1) is 6.61 Å². The van der Waals surface area contributed by atoms with Crippen LogP contribution in [0.25, 0.3) is 12.2 Å². The summed E-state index contributed by atoms with van der Waals surface area (Å²) in [6.45, 7) is 4.37. The first-order chi connectivity index (χ1) is 8.29. The molecule has 88 valence electrons. The van der Waals surface area contributed by atoms with E-state index in [0.29, 0.717) is 18.4 Å². The Balaban J connectivity index is 2.14. The van der Waals surface area contributed by atoms with E-state index in [1.165, 1.54) is 0 Å². The molecule has 1 aromatic carbocycles. The predicted molar refractivity (Wildman–Crippen MR) is 67.8 cm³/mol. The van der Waals surface area contributed by atoms with E-state index in [2.05, 4.69) is 4.98 Å². The summed E-state index contributed by atoms with van der Waals surface area (Å²) in [6.07, 6.45) is 3.80. The number of hydrogen-bond acceptors (Lipinski definition) is 3. The van der Waals surface area contributed by atoms with Gasteiger partial charge < -0.3 is 9.15 Å². The summed E-state index contributed by atoms with van der Waals surface area (Å²) in [5.41, 5.74) is 1.89. The van der Waals surface area contributed by atoms with Crippen LogP contribution < -0.4 is 4.74 Å². The molecule has 0 spiro atoms. The second kappa shape index (κ2) is 5.34. The number of hydrogen-bond donors (Lipinski definition) is 0. The second-order valence-corrected chi connectivity index (χ2v) is 3.60. The first-order valence-corrected chi connectivity index (χ1v) is 5.63. The van der Waals surface area contributed by atoms with Crippen molar-refractivity contribution in [3.05, 3.63) is 47.5 Å². The van der Waals surface area contributed by atoms with Gasteiger partial charge in [-0.15, -0.1) is 0 Å². The van der Waals surface area contributed by atoms with Crippen molar-refractivity contribution >= 4 is 12.2 Å². The third-order valence-corrected chi connectivity index (χ3v) is 2.26. The van der Waals surface area contributed by atoms with Gasteiger partial charge in [0.15, 0.2) is 0 Å². The Hall–Kier alpha value is -2.03. The van der Waals surface area contributed by atoms with Crippen LogP contribution in [0.5, 0.6) is 5.95 Å². The van der Waals surface area contributed by atoms with Crippen LogP contribution in [-0.4, -0.2) is 11.6 Å². The van der Waals surface area contributed by atoms with E-state index < -0.39 is 0 Å². The second-order valence-electron chi connectivity index (χ2n) is 3.60. The summed E-state index contributed by atoms with van der Waals surface area (Å²) in [6, 6.07) is 10.0. The Bertz CT molecular complexity index is 500. The van der Waals surface area contributed by atoms with Gasteiger partial charge in [0.2, 0.25) is 5.89 Å². The topological polar surface area (TPSA) is 35.3 Å². The van der Waals surface area contributed by atoms with Crippen LogP contribution in [0.1, 0.15) is 24.1 Å². The van der Waals surface area contributed by atoms with Gasteiger partial charge in [-0.3, -0.25) is 0 Å². The molecule has 0 unspecified atom stereocenters. The van der Waals surface area contributed by atoms with Gasteiger partial charge >= 0.3 is 5.95 Å². The Kier molecular flexibility index (Phi) is 3.60. The zero-order valence-corrected chi connectivity index (χ0v) is 10.0. The van der Waals surface area contributed by atoms with Gasteiger partial charge in [-0.05, 0) is 25.5 Å². The molecule has 17 heavy (non-hydrogen) atoms. The fraction of sp³-hybridized carbons (Fsp3) is 0.214. The third-order valence-electron chi connectivity index (χ3n) is 2.26. The molecule has 0 saturated carbocycles. The van der Waals surface area contributed by atoms with E-state index in [9.17, 15) is 0 Å². The molecule has 1 aromatic heterocycles. The van der Waals surface area contributed by atoms with Crippen molar-refractivity contribution in [2.45, 2.75) is 13.8 Å². The maximum atomic E-state index is 5.46. The molecule has 0 fully saturated rings. The molecular formula is C14H15NO2. The molecule has 0 bridgehead atoms. The molecule has 0 aliphatic heterocycles. The molecule has 3 nitrogen and oxygen atoms in total. The zero-order valence-electron chi connectivity index (χ0n) is 10.0. The number of rotatable bonds is 4. The van der Waals surface area contributed by atoms with E-state index in [1.807, 2.05) is 56.3 Å². The lowest BCUT2D eigenvalue weighted by Gasteiger charge is -1.95. The SMILES string of the molecule is CCOc1oc(C=Cc2ccccc2)nc1C. The van der Waals surface area contributed by atoms with E-state index in [4.69, 9.17) is 9.15 Å². The molecule has 0 saturated heterocycles. The average Bonchev–Trinajstić information content (AvgIpc) is 2.70. The first-order valence-electron chi connectivity index (χ1n) is 5.63. The van der Waals surface area contributed by atoms with Crippen molar-refractivity contribution in [1.82, 2.24) is 4.98 Å². The van der Waals surface area contributed by atoms with Crippen LogP contribution in [-0.2, 0) is 0 Å². The number of aromatic nitrogens is 1. The highest BCUT2D eigenvalue weighted by Gasteiger charge is 2.07. The zero-order chi connectivity index (χ0) is 12.1. The number of nitrogens with zero attached hydrogens (tertiary/aromatic N) is 1. The molecule has 0 amide bonds. The Labute approximate surface area is 101 Å². The van der Waals surface area contributed by atoms with Crippen molar-refractivity contribution < 1.29 is 9.15 Å². The smallest absolute Gasteiger partial charge is 0.308 e. The van der Waals surface area contributed by atoms with Crippen molar-refractivity contribution in [2.24, 2.45) is 0 Å². The Morgan fingerprint density at radius 1 is 1.24 bits per heavy atom. The minimum atomic E-state index is 0.500. The lowest BCUT2D eigenvalue weighted by atomic mass is 10.2. The maximum Gasteiger partial charge on any atom is 0.308 e. The monoisotopic (exact) mass is 229 g/mol. The molecule has 2 rings (SSSR count). The van der Waals surface area contributed by atoms with Gasteiger partial charge in [-0.1, -0.05) is 30.3 Å². The van der Waals surface area contributed by atoms with Crippen LogP contribution in [0, 0.1) is 6.92 Å². The third kappa shape index (κ3) is 2.97. The lowest BCUT2D eigenvalue weighted by molar-refractivity contribution is 0.254. The van der Waals surface area contributed by atoms with Gasteiger partial charge in [0, 0.05) is 6.08 Å². The molecule has 0 aliphatic rings. The van der Waals surface area contributed by atoms with Crippen LogP contribution in [0.15, 0.2) is 34.7 Å².